The summed E-state index contributed by atoms with van der Waals surface area (Å²) in [7, 11) is 0. The lowest BCUT2D eigenvalue weighted by molar-refractivity contribution is -0.127. The quantitative estimate of drug-likeness (QED) is 0.482. The van der Waals surface area contributed by atoms with E-state index in [9.17, 15) is 9.59 Å². The number of allylic oxidation sites excluding steroid dienone is 1. The van der Waals surface area contributed by atoms with Crippen LogP contribution in [0.2, 0.25) is 0 Å². The van der Waals surface area contributed by atoms with Gasteiger partial charge in [-0.3, -0.25) is 14.9 Å². The summed E-state index contributed by atoms with van der Waals surface area (Å²) < 4.78 is 0. The fourth-order valence-electron chi connectivity index (χ4n) is 2.37. The third kappa shape index (κ3) is 0.961. The number of hydrogen-bond acceptors (Lipinski definition) is 2. The molecule has 1 N–H and O–H groups in total. The smallest absolute Gasteiger partial charge is 0.237 e. The Bertz CT molecular complexity index is 295. The number of nitrogens with one attached hydrogen (secondary N) is 1. The van der Waals surface area contributed by atoms with E-state index in [-0.39, 0.29) is 17.7 Å². The van der Waals surface area contributed by atoms with Crippen LogP contribution in [0.25, 0.3) is 0 Å². The van der Waals surface area contributed by atoms with Crippen molar-refractivity contribution in [3.63, 3.8) is 0 Å². The lowest BCUT2D eigenvalue weighted by atomic mass is 9.70. The first-order valence-corrected chi connectivity index (χ1v) is 4.73. The molecule has 0 spiro atoms. The number of amides is 2. The Morgan fingerprint density at radius 2 is 2.38 bits per heavy atom. The van der Waals surface area contributed by atoms with Gasteiger partial charge in [0.2, 0.25) is 11.8 Å². The van der Waals surface area contributed by atoms with Gasteiger partial charge in [-0.25, -0.2) is 0 Å². The van der Waals surface area contributed by atoms with Crippen molar-refractivity contribution in [1.82, 2.24) is 5.32 Å². The van der Waals surface area contributed by atoms with Gasteiger partial charge in [0.15, 0.2) is 0 Å². The maximum atomic E-state index is 11.6. The van der Waals surface area contributed by atoms with Crippen LogP contribution < -0.4 is 5.32 Å². The third-order valence-corrected chi connectivity index (χ3v) is 3.22. The van der Waals surface area contributed by atoms with Crippen LogP contribution in [0, 0.1) is 11.3 Å². The molecule has 13 heavy (non-hydrogen) atoms. The van der Waals surface area contributed by atoms with Crippen LogP contribution in [-0.4, -0.2) is 11.8 Å². The number of carbonyl (C=O) groups excluding carboxylic acids is 2. The maximum absolute atomic E-state index is 11.6. The van der Waals surface area contributed by atoms with Crippen molar-refractivity contribution in [2.24, 2.45) is 11.3 Å². The first-order chi connectivity index (χ1) is 6.20. The van der Waals surface area contributed by atoms with E-state index in [1.54, 1.807) is 0 Å². The van der Waals surface area contributed by atoms with E-state index >= 15 is 0 Å². The van der Waals surface area contributed by atoms with Gasteiger partial charge in [0.1, 0.15) is 0 Å². The topological polar surface area (TPSA) is 46.2 Å². The molecule has 2 amide bonds. The summed E-state index contributed by atoms with van der Waals surface area (Å²) >= 11 is 0. The van der Waals surface area contributed by atoms with Crippen molar-refractivity contribution in [2.75, 3.05) is 0 Å². The zero-order chi connectivity index (χ0) is 9.47. The molecular weight excluding hydrogens is 166 g/mol. The molecule has 1 aliphatic heterocycles. The van der Waals surface area contributed by atoms with Crippen molar-refractivity contribution in [3.8, 4) is 0 Å². The van der Waals surface area contributed by atoms with Gasteiger partial charge >= 0.3 is 0 Å². The van der Waals surface area contributed by atoms with Crippen LogP contribution in [0.3, 0.4) is 0 Å². The minimum absolute atomic E-state index is 0.0869. The molecule has 2 rings (SSSR count). The lowest BCUT2D eigenvalue weighted by Gasteiger charge is -2.29. The molecule has 0 bridgehead atoms. The first-order valence-electron chi connectivity index (χ1n) is 4.73. The SMILES string of the molecule is CCC12C=CCCC1C(=O)NC2=O. The molecule has 3 heteroatoms. The minimum atomic E-state index is -0.519. The first kappa shape index (κ1) is 8.48. The largest absolute Gasteiger partial charge is 0.295 e. The van der Waals surface area contributed by atoms with Gasteiger partial charge in [0.25, 0.3) is 0 Å². The van der Waals surface area contributed by atoms with E-state index in [4.69, 9.17) is 0 Å². The van der Waals surface area contributed by atoms with Gasteiger partial charge in [0.05, 0.1) is 11.3 Å². The van der Waals surface area contributed by atoms with E-state index < -0.39 is 5.41 Å². The molecule has 1 saturated heterocycles. The highest BCUT2D eigenvalue weighted by atomic mass is 16.2. The predicted molar refractivity (Wildman–Crippen MR) is 47.7 cm³/mol. The van der Waals surface area contributed by atoms with E-state index in [0.717, 1.165) is 12.8 Å². The number of fused-ring (bicyclic) bond motifs is 1. The Labute approximate surface area is 77.2 Å². The van der Waals surface area contributed by atoms with Crippen LogP contribution in [0.4, 0.5) is 0 Å². The van der Waals surface area contributed by atoms with Gasteiger partial charge in [-0.2, -0.15) is 0 Å². The average Bonchev–Trinajstić information content (AvgIpc) is 2.41. The second-order valence-corrected chi connectivity index (χ2v) is 3.74. The molecule has 2 unspecified atom stereocenters. The molecule has 70 valence electrons. The zero-order valence-corrected chi connectivity index (χ0v) is 7.67. The summed E-state index contributed by atoms with van der Waals surface area (Å²) in [6.45, 7) is 1.96. The number of imide groups is 1. The van der Waals surface area contributed by atoms with Gasteiger partial charge in [0, 0.05) is 0 Å². The molecule has 0 radical (unpaired) electrons. The average molecular weight is 179 g/mol. The normalized spacial score (nSPS) is 37.5. The molecular formula is C10H13NO2. The Balaban J connectivity index is 2.45. The predicted octanol–water partition coefficient (Wildman–Crippen LogP) is 1.01. The third-order valence-electron chi connectivity index (χ3n) is 3.22. The molecule has 3 nitrogen and oxygen atoms in total. The van der Waals surface area contributed by atoms with Crippen LogP contribution in [0.1, 0.15) is 26.2 Å². The number of carbonyl (C=O) groups is 2. The molecule has 0 aromatic heterocycles. The summed E-state index contributed by atoms with van der Waals surface area (Å²) in [5.41, 5.74) is -0.519. The highest BCUT2D eigenvalue weighted by molar-refractivity contribution is 6.08. The maximum Gasteiger partial charge on any atom is 0.237 e. The Kier molecular flexibility index (Phi) is 1.75. The second-order valence-electron chi connectivity index (χ2n) is 3.74. The Hall–Kier alpha value is -1.12. The molecule has 1 aliphatic carbocycles. The van der Waals surface area contributed by atoms with Gasteiger partial charge in [-0.1, -0.05) is 19.1 Å². The number of rotatable bonds is 1. The van der Waals surface area contributed by atoms with Crippen molar-refractivity contribution in [2.45, 2.75) is 26.2 Å². The molecule has 0 saturated carbocycles. The molecule has 2 atom stereocenters. The standard InChI is InChI=1S/C10H13NO2/c1-2-10-6-4-3-5-7(10)8(12)11-9(10)13/h4,6-7H,2-3,5H2,1H3,(H,11,12,13). The van der Waals surface area contributed by atoms with Crippen LogP contribution >= 0.6 is 0 Å². The Morgan fingerprint density at radius 1 is 1.62 bits per heavy atom. The van der Waals surface area contributed by atoms with Crippen LogP contribution in [0.15, 0.2) is 12.2 Å². The Morgan fingerprint density at radius 3 is 3.00 bits per heavy atom. The summed E-state index contributed by atoms with van der Waals surface area (Å²) in [6, 6.07) is 0. The van der Waals surface area contributed by atoms with Gasteiger partial charge < -0.3 is 0 Å². The summed E-state index contributed by atoms with van der Waals surface area (Å²) in [6.07, 6.45) is 6.36. The molecule has 2 aliphatic rings. The molecule has 1 heterocycles. The van der Waals surface area contributed by atoms with Crippen LogP contribution in [0.5, 0.6) is 0 Å². The van der Waals surface area contributed by atoms with Crippen molar-refractivity contribution >= 4 is 11.8 Å². The number of hydrogen-bond donors (Lipinski definition) is 1. The van der Waals surface area contributed by atoms with E-state index in [1.807, 2.05) is 19.1 Å². The van der Waals surface area contributed by atoms with Gasteiger partial charge in [-0.15, -0.1) is 0 Å². The van der Waals surface area contributed by atoms with Gasteiger partial charge in [-0.05, 0) is 19.3 Å². The monoisotopic (exact) mass is 179 g/mol. The summed E-state index contributed by atoms with van der Waals surface area (Å²) in [4.78, 5) is 23.0. The zero-order valence-electron chi connectivity index (χ0n) is 7.67. The van der Waals surface area contributed by atoms with E-state index in [1.165, 1.54) is 0 Å². The highest BCUT2D eigenvalue weighted by Gasteiger charge is 2.52. The fourth-order valence-corrected chi connectivity index (χ4v) is 2.37. The lowest BCUT2D eigenvalue weighted by Crippen LogP contribution is -2.34. The van der Waals surface area contributed by atoms with Crippen LogP contribution in [-0.2, 0) is 9.59 Å². The van der Waals surface area contributed by atoms with Crippen molar-refractivity contribution in [3.05, 3.63) is 12.2 Å². The van der Waals surface area contributed by atoms with E-state index in [2.05, 4.69) is 5.32 Å². The summed E-state index contributed by atoms with van der Waals surface area (Å²) in [5, 5.41) is 2.42. The fraction of sp³-hybridized carbons (Fsp3) is 0.600. The molecule has 0 aromatic rings. The van der Waals surface area contributed by atoms with Crippen molar-refractivity contribution < 1.29 is 9.59 Å². The summed E-state index contributed by atoms with van der Waals surface area (Å²) in [5.74, 6) is -0.313. The molecule has 1 fully saturated rings. The van der Waals surface area contributed by atoms with Crippen molar-refractivity contribution in [1.29, 1.82) is 0 Å². The highest BCUT2D eigenvalue weighted by Crippen LogP contribution is 2.43. The second kappa shape index (κ2) is 2.69. The molecule has 0 aromatic carbocycles. The van der Waals surface area contributed by atoms with E-state index in [0.29, 0.717) is 6.42 Å². The minimum Gasteiger partial charge on any atom is -0.295 e.